The molecule has 5 rings (SSSR count). The van der Waals surface area contributed by atoms with Crippen LogP contribution in [0.3, 0.4) is 0 Å². The monoisotopic (exact) mass is 459 g/mol. The minimum Gasteiger partial charge on any atom is -0.496 e. The Morgan fingerprint density at radius 1 is 1.09 bits per heavy atom. The Kier molecular flexibility index (Phi) is 4.89. The second-order valence-corrected chi connectivity index (χ2v) is 9.68. The van der Waals surface area contributed by atoms with E-state index in [0.717, 1.165) is 61.8 Å². The number of methoxy groups -OCH3 is 1. The first-order valence-corrected chi connectivity index (χ1v) is 11.2. The highest BCUT2D eigenvalue weighted by molar-refractivity contribution is 6.13. The number of benzene rings is 1. The first kappa shape index (κ1) is 21.9. The number of hydrogen-bond donors (Lipinski definition) is 2. The largest absolute Gasteiger partial charge is 0.496 e. The molecule has 0 saturated carbocycles. The SMILES string of the molecule is COc1cc2c(cc1-c1c(C)noc1C)[nH]c1nc(C)nc(Nc3cc(C(C)(C)C)nn3C)c12. The summed E-state index contributed by atoms with van der Waals surface area (Å²) in [5.74, 6) is 3.71. The standard InChI is InChI=1S/C25H29N7O2/c1-12-21(13(2)34-31-12)16-9-17-15(10-18(16)33-8)22-23(28-17)26-14(3)27-24(22)29-20-11-19(25(4,5)6)30-32(20)7/h9-11H,1-8H3,(H2,26,27,28,29). The fourth-order valence-electron chi connectivity index (χ4n) is 4.33. The molecule has 0 spiro atoms. The molecule has 0 aliphatic rings. The molecule has 0 radical (unpaired) electrons. The summed E-state index contributed by atoms with van der Waals surface area (Å²) in [4.78, 5) is 12.9. The van der Waals surface area contributed by atoms with E-state index in [1.165, 1.54) is 0 Å². The van der Waals surface area contributed by atoms with E-state index in [9.17, 15) is 0 Å². The third-order valence-corrected chi connectivity index (χ3v) is 6.08. The van der Waals surface area contributed by atoms with Crippen LogP contribution in [0.25, 0.3) is 33.1 Å². The molecule has 9 heteroatoms. The van der Waals surface area contributed by atoms with Gasteiger partial charge >= 0.3 is 0 Å². The lowest BCUT2D eigenvalue weighted by Crippen LogP contribution is -2.12. The molecule has 34 heavy (non-hydrogen) atoms. The number of aryl methyl sites for hydroxylation is 4. The Balaban J connectivity index is 1.72. The second kappa shape index (κ2) is 7.58. The zero-order chi connectivity index (χ0) is 24.4. The van der Waals surface area contributed by atoms with E-state index in [-0.39, 0.29) is 5.41 Å². The maximum atomic E-state index is 5.79. The quantitative estimate of drug-likeness (QED) is 0.367. The molecule has 0 bridgehead atoms. The highest BCUT2D eigenvalue weighted by Gasteiger charge is 2.22. The van der Waals surface area contributed by atoms with Crippen LogP contribution in [-0.2, 0) is 12.5 Å². The van der Waals surface area contributed by atoms with Gasteiger partial charge in [0.2, 0.25) is 0 Å². The molecule has 0 atom stereocenters. The van der Waals surface area contributed by atoms with E-state index in [2.05, 4.69) is 58.4 Å². The highest BCUT2D eigenvalue weighted by Crippen LogP contribution is 2.41. The van der Waals surface area contributed by atoms with Crippen molar-refractivity contribution in [1.82, 2.24) is 29.9 Å². The first-order chi connectivity index (χ1) is 16.1. The second-order valence-electron chi connectivity index (χ2n) is 9.68. The summed E-state index contributed by atoms with van der Waals surface area (Å²) in [5, 5.41) is 14.1. The van der Waals surface area contributed by atoms with Crippen LogP contribution in [0.15, 0.2) is 22.7 Å². The lowest BCUT2D eigenvalue weighted by molar-refractivity contribution is 0.393. The molecule has 9 nitrogen and oxygen atoms in total. The van der Waals surface area contributed by atoms with Crippen LogP contribution >= 0.6 is 0 Å². The molecular weight excluding hydrogens is 430 g/mol. The van der Waals surface area contributed by atoms with Gasteiger partial charge in [0.1, 0.15) is 34.6 Å². The van der Waals surface area contributed by atoms with Crippen LogP contribution in [-0.4, -0.2) is 37.0 Å². The normalized spacial score (nSPS) is 12.1. The summed E-state index contributed by atoms with van der Waals surface area (Å²) in [6.45, 7) is 12.2. The Hall–Kier alpha value is -3.88. The van der Waals surface area contributed by atoms with Crippen molar-refractivity contribution < 1.29 is 9.26 Å². The summed E-state index contributed by atoms with van der Waals surface area (Å²) in [7, 11) is 3.60. The van der Waals surface area contributed by atoms with Crippen LogP contribution in [0, 0.1) is 20.8 Å². The molecular formula is C25H29N7O2. The van der Waals surface area contributed by atoms with E-state index in [1.807, 2.05) is 38.6 Å². The van der Waals surface area contributed by atoms with Gasteiger partial charge in [0.15, 0.2) is 0 Å². The van der Waals surface area contributed by atoms with Gasteiger partial charge in [-0.3, -0.25) is 4.68 Å². The predicted molar refractivity (Wildman–Crippen MR) is 133 cm³/mol. The van der Waals surface area contributed by atoms with Gasteiger partial charge in [0.05, 0.1) is 29.4 Å². The molecule has 0 saturated heterocycles. The number of hydrogen-bond acceptors (Lipinski definition) is 7. The molecule has 0 unspecified atom stereocenters. The number of aromatic amines is 1. The van der Waals surface area contributed by atoms with E-state index in [0.29, 0.717) is 11.6 Å². The van der Waals surface area contributed by atoms with Crippen molar-refractivity contribution in [3.8, 4) is 16.9 Å². The minimum absolute atomic E-state index is 0.0582. The van der Waals surface area contributed by atoms with Crippen LogP contribution in [0.2, 0.25) is 0 Å². The van der Waals surface area contributed by atoms with E-state index in [1.54, 1.807) is 7.11 Å². The van der Waals surface area contributed by atoms with Crippen LogP contribution in [0.4, 0.5) is 11.6 Å². The summed E-state index contributed by atoms with van der Waals surface area (Å²) in [6.07, 6.45) is 0. The Labute approximate surface area is 197 Å². The average molecular weight is 460 g/mol. The number of ether oxygens (including phenoxy) is 1. The molecule has 176 valence electrons. The minimum atomic E-state index is -0.0582. The summed E-state index contributed by atoms with van der Waals surface area (Å²) < 4.78 is 13.0. The van der Waals surface area contributed by atoms with Crippen LogP contribution in [0.5, 0.6) is 5.75 Å². The van der Waals surface area contributed by atoms with Crippen molar-refractivity contribution in [1.29, 1.82) is 0 Å². The third kappa shape index (κ3) is 3.48. The molecule has 1 aromatic carbocycles. The van der Waals surface area contributed by atoms with Gasteiger partial charge < -0.3 is 19.6 Å². The van der Waals surface area contributed by atoms with Crippen molar-refractivity contribution in [3.05, 3.63) is 41.2 Å². The number of H-pyrrole nitrogens is 1. The van der Waals surface area contributed by atoms with Gasteiger partial charge in [0, 0.05) is 35.0 Å². The van der Waals surface area contributed by atoms with Gasteiger partial charge in [-0.25, -0.2) is 9.97 Å². The van der Waals surface area contributed by atoms with Gasteiger partial charge in [0.25, 0.3) is 0 Å². The number of nitrogens with zero attached hydrogens (tertiary/aromatic N) is 5. The van der Waals surface area contributed by atoms with Crippen LogP contribution in [0.1, 0.15) is 43.7 Å². The lowest BCUT2D eigenvalue weighted by atomic mass is 9.92. The van der Waals surface area contributed by atoms with Gasteiger partial charge in [-0.05, 0) is 32.9 Å². The van der Waals surface area contributed by atoms with Gasteiger partial charge in [-0.2, -0.15) is 5.10 Å². The molecule has 0 amide bonds. The van der Waals surface area contributed by atoms with Crippen molar-refractivity contribution in [3.63, 3.8) is 0 Å². The summed E-state index contributed by atoms with van der Waals surface area (Å²) in [6, 6.07) is 6.14. The third-order valence-electron chi connectivity index (χ3n) is 6.08. The summed E-state index contributed by atoms with van der Waals surface area (Å²) in [5.41, 5.74) is 5.29. The number of nitrogens with one attached hydrogen (secondary N) is 2. The zero-order valence-electron chi connectivity index (χ0n) is 20.8. The Morgan fingerprint density at radius 2 is 1.85 bits per heavy atom. The Bertz CT molecular complexity index is 1530. The molecule has 2 N–H and O–H groups in total. The molecule has 0 aliphatic heterocycles. The van der Waals surface area contributed by atoms with E-state index >= 15 is 0 Å². The predicted octanol–water partition coefficient (Wildman–Crippen LogP) is 5.47. The molecule has 0 fully saturated rings. The number of rotatable bonds is 4. The van der Waals surface area contributed by atoms with E-state index in [4.69, 9.17) is 14.2 Å². The number of aromatic nitrogens is 6. The highest BCUT2D eigenvalue weighted by atomic mass is 16.5. The number of anilines is 2. The smallest absolute Gasteiger partial charge is 0.145 e. The lowest BCUT2D eigenvalue weighted by Gasteiger charge is -2.13. The van der Waals surface area contributed by atoms with Crippen LogP contribution < -0.4 is 10.1 Å². The van der Waals surface area contributed by atoms with Crippen molar-refractivity contribution in [2.45, 2.75) is 47.0 Å². The van der Waals surface area contributed by atoms with Crippen molar-refractivity contribution >= 4 is 33.6 Å². The molecule has 0 aliphatic carbocycles. The van der Waals surface area contributed by atoms with Crippen molar-refractivity contribution in [2.75, 3.05) is 12.4 Å². The first-order valence-electron chi connectivity index (χ1n) is 11.2. The number of fused-ring (bicyclic) bond motifs is 3. The molecule has 4 aromatic heterocycles. The zero-order valence-corrected chi connectivity index (χ0v) is 20.8. The average Bonchev–Trinajstić information content (AvgIpc) is 3.41. The molecule has 5 aromatic rings. The van der Waals surface area contributed by atoms with Gasteiger partial charge in [-0.15, -0.1) is 0 Å². The fraction of sp³-hybridized carbons (Fsp3) is 0.360. The fourth-order valence-corrected chi connectivity index (χ4v) is 4.33. The van der Waals surface area contributed by atoms with E-state index < -0.39 is 0 Å². The van der Waals surface area contributed by atoms with Gasteiger partial charge in [-0.1, -0.05) is 25.9 Å². The topological polar surface area (TPSA) is 107 Å². The van der Waals surface area contributed by atoms with Crippen molar-refractivity contribution in [2.24, 2.45) is 7.05 Å². The maximum Gasteiger partial charge on any atom is 0.145 e. The summed E-state index contributed by atoms with van der Waals surface area (Å²) >= 11 is 0. The Morgan fingerprint density at radius 3 is 2.47 bits per heavy atom. The maximum absolute atomic E-state index is 5.79. The molecule has 4 heterocycles.